The van der Waals surface area contributed by atoms with Gasteiger partial charge in [0.2, 0.25) is 5.91 Å². The summed E-state index contributed by atoms with van der Waals surface area (Å²) in [6, 6.07) is 10.8. The third-order valence-corrected chi connectivity index (χ3v) is 7.32. The molecule has 2 N–H and O–H groups in total. The van der Waals surface area contributed by atoms with Crippen molar-refractivity contribution in [2.24, 2.45) is 23.7 Å². The van der Waals surface area contributed by atoms with Crippen LogP contribution in [0.1, 0.15) is 46.6 Å². The fourth-order valence-electron chi connectivity index (χ4n) is 6.42. The molecule has 32 heavy (non-hydrogen) atoms. The van der Waals surface area contributed by atoms with E-state index >= 15 is 0 Å². The SMILES string of the molecule is CC(C)CN1CC2CC3CNC2(C(=O)NCC(=O)OC(C)(C)C)C1C3Cc1ccccc1. The summed E-state index contributed by atoms with van der Waals surface area (Å²) in [4.78, 5) is 28.6. The molecular weight excluding hydrogens is 402 g/mol. The van der Waals surface area contributed by atoms with Crippen molar-refractivity contribution < 1.29 is 14.3 Å². The van der Waals surface area contributed by atoms with E-state index in [-0.39, 0.29) is 30.4 Å². The van der Waals surface area contributed by atoms with Gasteiger partial charge < -0.3 is 15.4 Å². The molecular formula is C26H39N3O3. The number of nitrogens with zero attached hydrogens (tertiary/aromatic N) is 1. The van der Waals surface area contributed by atoms with E-state index in [0.717, 1.165) is 32.5 Å². The number of hydrogen-bond donors (Lipinski definition) is 2. The first-order valence-electron chi connectivity index (χ1n) is 12.1. The van der Waals surface area contributed by atoms with E-state index in [9.17, 15) is 9.59 Å². The molecule has 1 aromatic carbocycles. The van der Waals surface area contributed by atoms with Gasteiger partial charge in [-0.1, -0.05) is 44.2 Å². The molecule has 0 spiro atoms. The average molecular weight is 442 g/mol. The number of benzene rings is 1. The Hall–Kier alpha value is -1.92. The second kappa shape index (κ2) is 8.79. The molecule has 1 saturated carbocycles. The molecule has 3 saturated heterocycles. The van der Waals surface area contributed by atoms with Crippen LogP contribution in [0.25, 0.3) is 0 Å². The molecule has 5 unspecified atom stereocenters. The van der Waals surface area contributed by atoms with Crippen LogP contribution in [-0.4, -0.2) is 60.1 Å². The van der Waals surface area contributed by atoms with Crippen molar-refractivity contribution in [3.8, 4) is 0 Å². The lowest BCUT2D eigenvalue weighted by Crippen LogP contribution is -2.76. The minimum Gasteiger partial charge on any atom is -0.459 e. The number of fused-ring (bicyclic) bond motifs is 1. The molecule has 6 nitrogen and oxygen atoms in total. The van der Waals surface area contributed by atoms with Crippen LogP contribution >= 0.6 is 0 Å². The van der Waals surface area contributed by atoms with Crippen molar-refractivity contribution in [1.29, 1.82) is 0 Å². The van der Waals surface area contributed by atoms with Gasteiger partial charge in [-0.15, -0.1) is 0 Å². The summed E-state index contributed by atoms with van der Waals surface area (Å²) in [6.07, 6.45) is 2.05. The molecule has 4 aliphatic rings. The zero-order valence-electron chi connectivity index (χ0n) is 20.2. The molecule has 4 fully saturated rings. The molecule has 3 heterocycles. The summed E-state index contributed by atoms with van der Waals surface area (Å²) in [5.41, 5.74) is 0.141. The molecule has 3 aliphatic heterocycles. The van der Waals surface area contributed by atoms with Gasteiger partial charge in [-0.25, -0.2) is 0 Å². The zero-order chi connectivity index (χ0) is 23.1. The fourth-order valence-corrected chi connectivity index (χ4v) is 6.42. The van der Waals surface area contributed by atoms with Gasteiger partial charge in [-0.2, -0.15) is 0 Å². The highest BCUT2D eigenvalue weighted by Gasteiger charge is 2.67. The predicted octanol–water partition coefficient (Wildman–Crippen LogP) is 2.62. The quantitative estimate of drug-likeness (QED) is 0.637. The number of carbonyl (C=O) groups excluding carboxylic acids is 2. The monoisotopic (exact) mass is 441 g/mol. The maximum Gasteiger partial charge on any atom is 0.325 e. The van der Waals surface area contributed by atoms with Crippen LogP contribution in [0, 0.1) is 23.7 Å². The molecule has 4 bridgehead atoms. The topological polar surface area (TPSA) is 70.7 Å². The van der Waals surface area contributed by atoms with Gasteiger partial charge in [0, 0.05) is 25.0 Å². The molecule has 5 atom stereocenters. The Morgan fingerprint density at radius 3 is 2.62 bits per heavy atom. The summed E-state index contributed by atoms with van der Waals surface area (Å²) >= 11 is 0. The number of nitrogens with one attached hydrogen (secondary N) is 2. The number of piperidine rings is 2. The normalized spacial score (nSPS) is 31.7. The molecule has 5 rings (SSSR count). The Morgan fingerprint density at radius 1 is 1.25 bits per heavy atom. The summed E-state index contributed by atoms with van der Waals surface area (Å²) in [5.74, 6) is 1.37. The van der Waals surface area contributed by atoms with Crippen LogP contribution in [0.5, 0.6) is 0 Å². The minimum absolute atomic E-state index is 0.0409. The number of amides is 1. The highest BCUT2D eigenvalue weighted by molar-refractivity contribution is 5.91. The van der Waals surface area contributed by atoms with E-state index in [1.807, 2.05) is 20.8 Å². The summed E-state index contributed by atoms with van der Waals surface area (Å²) in [5, 5.41) is 6.63. The van der Waals surface area contributed by atoms with Gasteiger partial charge in [-0.3, -0.25) is 14.5 Å². The molecule has 1 aromatic rings. The zero-order valence-corrected chi connectivity index (χ0v) is 20.2. The second-order valence-corrected chi connectivity index (χ2v) is 11.4. The lowest BCUT2D eigenvalue weighted by Gasteiger charge is -2.56. The molecule has 0 aromatic heterocycles. The summed E-state index contributed by atoms with van der Waals surface area (Å²) in [6.45, 7) is 12.7. The first kappa shape index (κ1) is 23.2. The first-order valence-corrected chi connectivity index (χ1v) is 12.1. The smallest absolute Gasteiger partial charge is 0.325 e. The van der Waals surface area contributed by atoms with E-state index in [1.165, 1.54) is 5.56 Å². The van der Waals surface area contributed by atoms with Crippen LogP contribution in [0.15, 0.2) is 30.3 Å². The third-order valence-electron chi connectivity index (χ3n) is 7.32. The van der Waals surface area contributed by atoms with E-state index in [4.69, 9.17) is 4.74 Å². The van der Waals surface area contributed by atoms with Crippen LogP contribution < -0.4 is 10.6 Å². The highest BCUT2D eigenvalue weighted by Crippen LogP contribution is 2.53. The predicted molar refractivity (Wildman–Crippen MR) is 125 cm³/mol. The second-order valence-electron chi connectivity index (χ2n) is 11.4. The first-order chi connectivity index (χ1) is 15.1. The Labute approximate surface area is 192 Å². The van der Waals surface area contributed by atoms with E-state index in [0.29, 0.717) is 17.8 Å². The third kappa shape index (κ3) is 4.44. The van der Waals surface area contributed by atoms with E-state index in [1.54, 1.807) is 0 Å². The molecule has 1 amide bonds. The van der Waals surface area contributed by atoms with Crippen LogP contribution in [0.2, 0.25) is 0 Å². The van der Waals surface area contributed by atoms with Gasteiger partial charge in [0.25, 0.3) is 0 Å². The van der Waals surface area contributed by atoms with Crippen molar-refractivity contribution in [1.82, 2.24) is 15.5 Å². The van der Waals surface area contributed by atoms with Crippen molar-refractivity contribution in [2.75, 3.05) is 26.2 Å². The number of carbonyl (C=O) groups is 2. The number of rotatable bonds is 7. The maximum absolute atomic E-state index is 13.7. The van der Waals surface area contributed by atoms with Gasteiger partial charge in [0.15, 0.2) is 0 Å². The summed E-state index contributed by atoms with van der Waals surface area (Å²) < 4.78 is 5.41. The number of ether oxygens (including phenoxy) is 1. The van der Waals surface area contributed by atoms with E-state index in [2.05, 4.69) is 59.7 Å². The number of likely N-dealkylation sites (tertiary alicyclic amines) is 1. The average Bonchev–Trinajstić information content (AvgIpc) is 2.96. The Bertz CT molecular complexity index is 834. The molecule has 176 valence electrons. The Balaban J connectivity index is 1.58. The largest absolute Gasteiger partial charge is 0.459 e. The van der Waals surface area contributed by atoms with Gasteiger partial charge in [-0.05, 0) is 63.5 Å². The Morgan fingerprint density at radius 2 is 1.97 bits per heavy atom. The van der Waals surface area contributed by atoms with Gasteiger partial charge in [0.1, 0.15) is 17.7 Å². The van der Waals surface area contributed by atoms with Crippen molar-refractivity contribution >= 4 is 11.9 Å². The van der Waals surface area contributed by atoms with Crippen molar-refractivity contribution in [3.63, 3.8) is 0 Å². The molecule has 6 heteroatoms. The van der Waals surface area contributed by atoms with Crippen molar-refractivity contribution in [3.05, 3.63) is 35.9 Å². The maximum atomic E-state index is 13.7. The lowest BCUT2D eigenvalue weighted by atomic mass is 9.58. The van der Waals surface area contributed by atoms with E-state index < -0.39 is 11.1 Å². The number of hydrogen-bond acceptors (Lipinski definition) is 5. The van der Waals surface area contributed by atoms with Crippen molar-refractivity contribution in [2.45, 2.75) is 64.6 Å². The molecule has 0 radical (unpaired) electrons. The van der Waals surface area contributed by atoms with Gasteiger partial charge >= 0.3 is 5.97 Å². The van der Waals surface area contributed by atoms with Gasteiger partial charge in [0.05, 0.1) is 0 Å². The highest BCUT2D eigenvalue weighted by atomic mass is 16.6. The fraction of sp³-hybridized carbons (Fsp3) is 0.692. The number of esters is 1. The molecule has 1 aliphatic carbocycles. The lowest BCUT2D eigenvalue weighted by molar-refractivity contribution is -0.155. The van der Waals surface area contributed by atoms with Crippen LogP contribution in [0.4, 0.5) is 0 Å². The standard InChI is InChI=1S/C26H39N3O3/c1-17(2)15-29-16-20-12-19-13-28-26(20,24(31)27-14-22(30)32-25(3,4)5)23(29)21(19)11-18-9-7-6-8-10-18/h6-10,17,19-21,23,28H,11-16H2,1-5H3,(H,27,31). The van der Waals surface area contributed by atoms with Crippen LogP contribution in [0.3, 0.4) is 0 Å². The van der Waals surface area contributed by atoms with Crippen LogP contribution in [-0.2, 0) is 20.7 Å². The minimum atomic E-state index is -0.634. The summed E-state index contributed by atoms with van der Waals surface area (Å²) in [7, 11) is 0. The Kier molecular flexibility index (Phi) is 6.38.